The second-order valence-electron chi connectivity index (χ2n) is 6.67. The van der Waals surface area contributed by atoms with Crippen LogP contribution in [0.25, 0.3) is 10.9 Å². The third-order valence-electron chi connectivity index (χ3n) is 4.43. The summed E-state index contributed by atoms with van der Waals surface area (Å²) in [4.78, 5) is 25.1. The summed E-state index contributed by atoms with van der Waals surface area (Å²) in [5.41, 5.74) is 2.18. The zero-order valence-electron chi connectivity index (χ0n) is 14.5. The standard InChI is InChI=1S/C19H24N2O3/c1-12(2)24-9-5-8-20-19(23)16-11-21-13(3)10-14-6-4-7-15(17(14)21)18(16)22/h4,6-7,11-13H,5,8-10H2,1-3H3,(H,20,23)/t13-/m0/s1. The van der Waals surface area contributed by atoms with Gasteiger partial charge in [-0.2, -0.15) is 0 Å². The lowest BCUT2D eigenvalue weighted by atomic mass is 10.1. The van der Waals surface area contributed by atoms with Gasteiger partial charge in [0, 0.05) is 30.8 Å². The van der Waals surface area contributed by atoms with Crippen LogP contribution >= 0.6 is 0 Å². The molecule has 1 aliphatic rings. The van der Waals surface area contributed by atoms with Crippen LogP contribution in [0.1, 0.15) is 49.2 Å². The summed E-state index contributed by atoms with van der Waals surface area (Å²) in [5.74, 6) is -0.306. The number of carbonyl (C=O) groups is 1. The molecule has 128 valence electrons. The van der Waals surface area contributed by atoms with Crippen molar-refractivity contribution in [1.29, 1.82) is 0 Å². The molecule has 3 rings (SSSR count). The Balaban J connectivity index is 1.80. The predicted octanol–water partition coefficient (Wildman–Crippen LogP) is 2.66. The van der Waals surface area contributed by atoms with Crippen molar-refractivity contribution in [3.8, 4) is 0 Å². The molecule has 0 saturated heterocycles. The van der Waals surface area contributed by atoms with Gasteiger partial charge >= 0.3 is 0 Å². The molecule has 0 saturated carbocycles. The normalized spacial score (nSPS) is 16.1. The number of aromatic nitrogens is 1. The Morgan fingerprint density at radius 3 is 2.96 bits per heavy atom. The van der Waals surface area contributed by atoms with Gasteiger partial charge in [-0.05, 0) is 45.2 Å². The number of carbonyl (C=O) groups excluding carboxylic acids is 1. The third kappa shape index (κ3) is 3.08. The van der Waals surface area contributed by atoms with E-state index in [2.05, 4.69) is 22.9 Å². The van der Waals surface area contributed by atoms with Crippen LogP contribution in [-0.2, 0) is 11.2 Å². The van der Waals surface area contributed by atoms with Crippen molar-refractivity contribution in [2.75, 3.05) is 13.2 Å². The fourth-order valence-electron chi connectivity index (χ4n) is 3.27. The van der Waals surface area contributed by atoms with E-state index in [1.807, 2.05) is 26.0 Å². The Bertz CT molecular complexity index is 823. The van der Waals surface area contributed by atoms with E-state index in [1.165, 1.54) is 5.56 Å². The molecule has 24 heavy (non-hydrogen) atoms. The van der Waals surface area contributed by atoms with Crippen molar-refractivity contribution >= 4 is 16.8 Å². The van der Waals surface area contributed by atoms with E-state index >= 15 is 0 Å². The molecule has 2 heterocycles. The van der Waals surface area contributed by atoms with Gasteiger partial charge in [0.15, 0.2) is 0 Å². The summed E-state index contributed by atoms with van der Waals surface area (Å²) in [5, 5.41) is 3.46. The zero-order valence-corrected chi connectivity index (χ0v) is 14.5. The average molecular weight is 328 g/mol. The minimum absolute atomic E-state index is 0.186. The molecule has 5 nitrogen and oxygen atoms in total. The number of hydrogen-bond donors (Lipinski definition) is 1. The Morgan fingerprint density at radius 1 is 1.42 bits per heavy atom. The van der Waals surface area contributed by atoms with Gasteiger partial charge < -0.3 is 14.6 Å². The van der Waals surface area contributed by atoms with Crippen LogP contribution in [0.3, 0.4) is 0 Å². The van der Waals surface area contributed by atoms with Crippen molar-refractivity contribution in [2.45, 2.75) is 45.8 Å². The summed E-state index contributed by atoms with van der Waals surface area (Å²) < 4.78 is 7.51. The molecule has 1 aromatic heterocycles. The summed E-state index contributed by atoms with van der Waals surface area (Å²) in [6.45, 7) is 7.16. The smallest absolute Gasteiger partial charge is 0.256 e. The first-order valence-corrected chi connectivity index (χ1v) is 8.55. The van der Waals surface area contributed by atoms with Gasteiger partial charge in [-0.15, -0.1) is 0 Å². The fraction of sp³-hybridized carbons (Fsp3) is 0.474. The number of benzene rings is 1. The maximum atomic E-state index is 12.7. The Kier molecular flexibility index (Phi) is 4.71. The van der Waals surface area contributed by atoms with Gasteiger partial charge in [0.2, 0.25) is 5.43 Å². The number of pyridine rings is 1. The monoisotopic (exact) mass is 328 g/mol. The van der Waals surface area contributed by atoms with Gasteiger partial charge in [-0.3, -0.25) is 9.59 Å². The molecule has 0 unspecified atom stereocenters. The van der Waals surface area contributed by atoms with Crippen molar-refractivity contribution in [3.63, 3.8) is 0 Å². The molecule has 0 spiro atoms. The maximum Gasteiger partial charge on any atom is 0.256 e. The molecule has 1 N–H and O–H groups in total. The highest BCUT2D eigenvalue weighted by Gasteiger charge is 2.24. The van der Waals surface area contributed by atoms with Crippen LogP contribution in [0.4, 0.5) is 0 Å². The summed E-state index contributed by atoms with van der Waals surface area (Å²) >= 11 is 0. The van der Waals surface area contributed by atoms with E-state index in [-0.39, 0.29) is 29.0 Å². The minimum atomic E-state index is -0.306. The minimum Gasteiger partial charge on any atom is -0.379 e. The van der Waals surface area contributed by atoms with Gasteiger partial charge in [0.05, 0.1) is 11.6 Å². The number of ether oxygens (including phenoxy) is 1. The molecular weight excluding hydrogens is 304 g/mol. The molecule has 5 heteroatoms. The van der Waals surface area contributed by atoms with Crippen LogP contribution in [0.5, 0.6) is 0 Å². The van der Waals surface area contributed by atoms with Gasteiger partial charge in [0.1, 0.15) is 5.56 Å². The van der Waals surface area contributed by atoms with E-state index in [0.29, 0.717) is 18.5 Å². The number of hydrogen-bond acceptors (Lipinski definition) is 3. The maximum absolute atomic E-state index is 12.7. The Morgan fingerprint density at radius 2 is 2.21 bits per heavy atom. The van der Waals surface area contributed by atoms with Crippen molar-refractivity contribution in [1.82, 2.24) is 9.88 Å². The largest absolute Gasteiger partial charge is 0.379 e. The molecule has 0 aliphatic carbocycles. The second-order valence-corrected chi connectivity index (χ2v) is 6.67. The third-order valence-corrected chi connectivity index (χ3v) is 4.43. The highest BCUT2D eigenvalue weighted by molar-refractivity contribution is 5.98. The van der Waals surface area contributed by atoms with E-state index in [0.717, 1.165) is 18.4 Å². The summed E-state index contributed by atoms with van der Waals surface area (Å²) in [6, 6.07) is 6.02. The molecule has 1 atom stereocenters. The highest BCUT2D eigenvalue weighted by atomic mass is 16.5. The van der Waals surface area contributed by atoms with E-state index in [9.17, 15) is 9.59 Å². The van der Waals surface area contributed by atoms with Crippen LogP contribution in [0, 0.1) is 0 Å². The number of nitrogens with zero attached hydrogens (tertiary/aromatic N) is 1. The van der Waals surface area contributed by atoms with Crippen molar-refractivity contribution in [3.05, 3.63) is 45.7 Å². The first-order valence-electron chi connectivity index (χ1n) is 8.55. The van der Waals surface area contributed by atoms with Crippen molar-refractivity contribution in [2.24, 2.45) is 0 Å². The number of amides is 1. The lowest BCUT2D eigenvalue weighted by Crippen LogP contribution is -2.31. The zero-order chi connectivity index (χ0) is 17.3. The molecule has 1 aliphatic heterocycles. The number of para-hydroxylation sites is 1. The van der Waals surface area contributed by atoms with E-state index in [4.69, 9.17) is 4.74 Å². The van der Waals surface area contributed by atoms with Crippen LogP contribution in [0.2, 0.25) is 0 Å². The predicted molar refractivity (Wildman–Crippen MR) is 94.7 cm³/mol. The molecule has 0 fully saturated rings. The fourth-order valence-corrected chi connectivity index (χ4v) is 3.27. The van der Waals surface area contributed by atoms with Gasteiger partial charge in [-0.1, -0.05) is 12.1 Å². The van der Waals surface area contributed by atoms with Crippen LogP contribution < -0.4 is 10.7 Å². The molecule has 2 aromatic rings. The summed E-state index contributed by atoms with van der Waals surface area (Å²) in [7, 11) is 0. The van der Waals surface area contributed by atoms with Gasteiger partial charge in [0.25, 0.3) is 5.91 Å². The number of rotatable bonds is 6. The lowest BCUT2D eigenvalue weighted by molar-refractivity contribution is 0.0757. The lowest BCUT2D eigenvalue weighted by Gasteiger charge is -2.13. The Labute approximate surface area is 141 Å². The van der Waals surface area contributed by atoms with Crippen LogP contribution in [-0.4, -0.2) is 29.7 Å². The van der Waals surface area contributed by atoms with Crippen LogP contribution in [0.15, 0.2) is 29.2 Å². The Hall–Kier alpha value is -2.14. The quantitative estimate of drug-likeness (QED) is 0.829. The average Bonchev–Trinajstić information content (AvgIpc) is 2.86. The molecule has 0 bridgehead atoms. The molecule has 1 aromatic carbocycles. The number of nitrogens with one attached hydrogen (secondary N) is 1. The van der Waals surface area contributed by atoms with E-state index < -0.39 is 0 Å². The second kappa shape index (κ2) is 6.77. The molecular formula is C19H24N2O3. The molecule has 0 radical (unpaired) electrons. The van der Waals surface area contributed by atoms with E-state index in [1.54, 1.807) is 6.20 Å². The first kappa shape index (κ1) is 16.7. The van der Waals surface area contributed by atoms with Gasteiger partial charge in [-0.25, -0.2) is 0 Å². The topological polar surface area (TPSA) is 60.3 Å². The summed E-state index contributed by atoms with van der Waals surface area (Å²) in [6.07, 6.45) is 3.53. The van der Waals surface area contributed by atoms with Crippen molar-refractivity contribution < 1.29 is 9.53 Å². The highest BCUT2D eigenvalue weighted by Crippen LogP contribution is 2.30. The SMILES string of the molecule is CC(C)OCCCNC(=O)c1cn2c3c(cccc3c1=O)C[C@@H]2C. The first-order chi connectivity index (χ1) is 11.5. The molecule has 1 amide bonds.